The van der Waals surface area contributed by atoms with E-state index in [9.17, 15) is 14.4 Å². The highest BCUT2D eigenvalue weighted by atomic mass is 35.5. The van der Waals surface area contributed by atoms with E-state index in [4.69, 9.17) is 16.0 Å². The summed E-state index contributed by atoms with van der Waals surface area (Å²) in [7, 11) is 0. The minimum Gasteiger partial charge on any atom is -0.459 e. The molecule has 0 saturated carbocycles. The molecule has 4 amide bonds. The van der Waals surface area contributed by atoms with Gasteiger partial charge in [0.15, 0.2) is 5.54 Å². The fourth-order valence-electron chi connectivity index (χ4n) is 3.20. The Hall–Kier alpha value is -3.10. The lowest BCUT2D eigenvalue weighted by Crippen LogP contribution is -2.42. The Morgan fingerprint density at radius 1 is 1.20 bits per heavy atom. The summed E-state index contributed by atoms with van der Waals surface area (Å²) in [5, 5.41) is 7.82. The number of nitrogens with one attached hydrogen (secondary N) is 2. The van der Waals surface area contributed by atoms with Gasteiger partial charge in [-0.1, -0.05) is 17.7 Å². The lowest BCUT2D eigenvalue weighted by molar-refractivity contribution is -0.134. The van der Waals surface area contributed by atoms with Crippen LogP contribution >= 0.6 is 22.9 Å². The van der Waals surface area contributed by atoms with Gasteiger partial charge in [-0.3, -0.25) is 14.5 Å². The molecule has 3 heterocycles. The zero-order chi connectivity index (χ0) is 21.3. The van der Waals surface area contributed by atoms with E-state index in [1.165, 1.54) is 11.3 Å². The van der Waals surface area contributed by atoms with E-state index in [2.05, 4.69) is 10.6 Å². The van der Waals surface area contributed by atoms with Crippen LogP contribution in [0.3, 0.4) is 0 Å². The molecule has 2 aromatic heterocycles. The van der Waals surface area contributed by atoms with E-state index >= 15 is 0 Å². The Balaban J connectivity index is 1.36. The van der Waals surface area contributed by atoms with Gasteiger partial charge in [-0.15, -0.1) is 11.3 Å². The number of carbonyl (C=O) groups is 3. The second kappa shape index (κ2) is 7.97. The van der Waals surface area contributed by atoms with Crippen LogP contribution in [0.1, 0.15) is 17.6 Å². The van der Waals surface area contributed by atoms with Crippen LogP contribution in [0.2, 0.25) is 5.02 Å². The van der Waals surface area contributed by atoms with Crippen molar-refractivity contribution in [3.8, 4) is 11.3 Å². The highest BCUT2D eigenvalue weighted by molar-refractivity contribution is 7.10. The smallest absolute Gasteiger partial charge is 0.325 e. The number of hydrogen-bond donors (Lipinski definition) is 2. The van der Waals surface area contributed by atoms with Gasteiger partial charge in [-0.2, -0.15) is 0 Å². The molecule has 1 atom stereocenters. The van der Waals surface area contributed by atoms with Crippen molar-refractivity contribution in [1.29, 1.82) is 0 Å². The number of halogens is 1. The molecule has 0 radical (unpaired) electrons. The quantitative estimate of drug-likeness (QED) is 0.567. The minimum atomic E-state index is -1.15. The number of thiophene rings is 1. The van der Waals surface area contributed by atoms with Crippen LogP contribution in [-0.2, 0) is 21.7 Å². The molecule has 1 aliphatic rings. The van der Waals surface area contributed by atoms with Crippen molar-refractivity contribution in [2.75, 3.05) is 6.54 Å². The van der Waals surface area contributed by atoms with E-state index in [0.717, 1.165) is 10.5 Å². The molecule has 154 valence electrons. The van der Waals surface area contributed by atoms with Crippen molar-refractivity contribution in [3.05, 3.63) is 69.6 Å². The van der Waals surface area contributed by atoms with Crippen LogP contribution < -0.4 is 10.6 Å². The molecule has 2 N–H and O–H groups in total. The first-order valence-electron chi connectivity index (χ1n) is 9.16. The van der Waals surface area contributed by atoms with Crippen molar-refractivity contribution in [2.24, 2.45) is 0 Å². The summed E-state index contributed by atoms with van der Waals surface area (Å²) in [6.45, 7) is 1.41. The van der Waals surface area contributed by atoms with Gasteiger partial charge in [0.25, 0.3) is 5.91 Å². The van der Waals surface area contributed by atoms with Gasteiger partial charge in [-0.05, 0) is 54.8 Å². The van der Waals surface area contributed by atoms with E-state index in [0.29, 0.717) is 21.4 Å². The van der Waals surface area contributed by atoms with Crippen molar-refractivity contribution in [2.45, 2.75) is 19.0 Å². The topological polar surface area (TPSA) is 91.7 Å². The highest BCUT2D eigenvalue weighted by Crippen LogP contribution is 2.31. The largest absolute Gasteiger partial charge is 0.459 e. The standard InChI is InChI=1S/C21H18ClN3O4S/c1-21(17-3-2-10-30-17)19(27)25(20(28)24-21)12-18(26)23-11-15-8-9-16(29-15)13-4-6-14(22)7-5-13/h2-10H,11-12H2,1H3,(H,23,26)(H,24,28). The van der Waals surface area contributed by atoms with Gasteiger partial charge >= 0.3 is 6.03 Å². The average molecular weight is 444 g/mol. The predicted octanol–water partition coefficient (Wildman–Crippen LogP) is 3.74. The first-order chi connectivity index (χ1) is 14.4. The number of benzene rings is 1. The summed E-state index contributed by atoms with van der Waals surface area (Å²) in [5.41, 5.74) is -0.288. The Morgan fingerprint density at radius 2 is 1.97 bits per heavy atom. The first-order valence-corrected chi connectivity index (χ1v) is 10.4. The third-order valence-corrected chi connectivity index (χ3v) is 6.18. The summed E-state index contributed by atoms with van der Waals surface area (Å²) in [6.07, 6.45) is 0. The molecule has 1 fully saturated rings. The summed E-state index contributed by atoms with van der Waals surface area (Å²) >= 11 is 7.26. The van der Waals surface area contributed by atoms with Crippen molar-refractivity contribution < 1.29 is 18.8 Å². The lowest BCUT2D eigenvalue weighted by Gasteiger charge is -2.19. The summed E-state index contributed by atoms with van der Waals surface area (Å²) < 4.78 is 5.74. The van der Waals surface area contributed by atoms with Crippen LogP contribution in [0.15, 0.2) is 58.3 Å². The van der Waals surface area contributed by atoms with Crippen LogP contribution in [0.25, 0.3) is 11.3 Å². The van der Waals surface area contributed by atoms with E-state index in [1.807, 2.05) is 23.6 Å². The van der Waals surface area contributed by atoms with Gasteiger partial charge < -0.3 is 15.1 Å². The molecule has 30 heavy (non-hydrogen) atoms. The monoisotopic (exact) mass is 443 g/mol. The third kappa shape index (κ3) is 3.83. The Kier molecular flexibility index (Phi) is 5.36. The molecule has 3 aromatic rings. The Labute approximate surface area is 181 Å². The number of rotatable bonds is 6. The van der Waals surface area contributed by atoms with Crippen LogP contribution in [0, 0.1) is 0 Å². The van der Waals surface area contributed by atoms with E-state index < -0.39 is 23.4 Å². The zero-order valence-corrected chi connectivity index (χ0v) is 17.5. The number of urea groups is 1. The molecule has 1 saturated heterocycles. The second-order valence-electron chi connectivity index (χ2n) is 6.97. The molecule has 1 aromatic carbocycles. The molecule has 0 spiro atoms. The maximum atomic E-state index is 12.8. The summed E-state index contributed by atoms with van der Waals surface area (Å²) in [6, 6.07) is 13.8. The van der Waals surface area contributed by atoms with Gasteiger partial charge in [0.05, 0.1) is 6.54 Å². The fourth-order valence-corrected chi connectivity index (χ4v) is 4.16. The van der Waals surface area contributed by atoms with Gasteiger partial charge in [0.1, 0.15) is 18.1 Å². The third-order valence-electron chi connectivity index (χ3n) is 4.84. The minimum absolute atomic E-state index is 0.137. The van der Waals surface area contributed by atoms with Crippen LogP contribution in [0.4, 0.5) is 4.79 Å². The van der Waals surface area contributed by atoms with Gasteiger partial charge in [0, 0.05) is 15.5 Å². The van der Waals surface area contributed by atoms with Gasteiger partial charge in [0.2, 0.25) is 5.91 Å². The molecule has 7 nitrogen and oxygen atoms in total. The molecule has 1 unspecified atom stereocenters. The molecule has 4 rings (SSSR count). The summed E-state index contributed by atoms with van der Waals surface area (Å²) in [4.78, 5) is 39.0. The SMILES string of the molecule is CC1(c2cccs2)NC(=O)N(CC(=O)NCc2ccc(-c3ccc(Cl)cc3)o2)C1=O. The maximum absolute atomic E-state index is 12.8. The number of carbonyl (C=O) groups excluding carboxylic acids is 3. The summed E-state index contributed by atoms with van der Waals surface area (Å²) in [5.74, 6) is 0.289. The lowest BCUT2D eigenvalue weighted by atomic mass is 10.0. The number of nitrogens with zero attached hydrogens (tertiary/aromatic N) is 1. The van der Waals surface area contributed by atoms with E-state index in [-0.39, 0.29) is 13.1 Å². The van der Waals surface area contributed by atoms with E-state index in [1.54, 1.807) is 37.3 Å². The molecule has 0 bridgehead atoms. The van der Waals surface area contributed by atoms with Crippen LogP contribution in [-0.4, -0.2) is 29.3 Å². The number of amides is 4. The number of imide groups is 1. The van der Waals surface area contributed by atoms with Crippen molar-refractivity contribution >= 4 is 40.8 Å². The number of furan rings is 1. The normalized spacial score (nSPS) is 18.5. The molecular formula is C21H18ClN3O4S. The van der Waals surface area contributed by atoms with Crippen LogP contribution in [0.5, 0.6) is 0 Å². The second-order valence-corrected chi connectivity index (χ2v) is 8.36. The highest BCUT2D eigenvalue weighted by Gasteiger charge is 2.50. The fraction of sp³-hybridized carbons (Fsp3) is 0.190. The Morgan fingerprint density at radius 3 is 2.67 bits per heavy atom. The maximum Gasteiger partial charge on any atom is 0.325 e. The van der Waals surface area contributed by atoms with Crippen molar-refractivity contribution in [1.82, 2.24) is 15.5 Å². The molecule has 0 aliphatic carbocycles. The Bertz CT molecular complexity index is 1090. The number of hydrogen-bond acceptors (Lipinski definition) is 5. The zero-order valence-electron chi connectivity index (χ0n) is 16.0. The molecule has 1 aliphatic heterocycles. The predicted molar refractivity (Wildman–Crippen MR) is 113 cm³/mol. The molecular weight excluding hydrogens is 426 g/mol. The van der Waals surface area contributed by atoms with Crippen molar-refractivity contribution in [3.63, 3.8) is 0 Å². The van der Waals surface area contributed by atoms with Gasteiger partial charge in [-0.25, -0.2) is 4.79 Å². The average Bonchev–Trinajstić information content (AvgIpc) is 3.46. The first kappa shape index (κ1) is 20.2. The molecule has 9 heteroatoms.